The Labute approximate surface area is 150 Å². The lowest BCUT2D eigenvalue weighted by Crippen LogP contribution is -2.24. The van der Waals surface area contributed by atoms with Gasteiger partial charge in [-0.15, -0.1) is 0 Å². The van der Waals surface area contributed by atoms with Crippen molar-refractivity contribution in [3.05, 3.63) is 63.2 Å². The summed E-state index contributed by atoms with van der Waals surface area (Å²) in [4.78, 5) is 17.2. The highest BCUT2D eigenvalue weighted by Crippen LogP contribution is 2.27. The quantitative estimate of drug-likeness (QED) is 0.699. The van der Waals surface area contributed by atoms with Crippen molar-refractivity contribution in [3.63, 3.8) is 0 Å². The molecule has 2 aromatic carbocycles. The molecule has 25 heavy (non-hydrogen) atoms. The van der Waals surface area contributed by atoms with Crippen LogP contribution in [0.4, 0.5) is 0 Å². The standard InChI is InChI=1S/C19H19ClN2O3/c1-12-21-16-11-14(20)5-6-15(16)19(23)22(12)9-8-13-4-7-17(24-2)18(10-13)25-3/h4-7,10-11H,8-9H2,1-3H3. The second kappa shape index (κ2) is 7.15. The number of ether oxygens (including phenoxy) is 2. The average Bonchev–Trinajstić information content (AvgIpc) is 2.60. The lowest BCUT2D eigenvalue weighted by molar-refractivity contribution is 0.354. The van der Waals surface area contributed by atoms with Crippen LogP contribution in [-0.2, 0) is 13.0 Å². The van der Waals surface area contributed by atoms with Gasteiger partial charge in [0.2, 0.25) is 0 Å². The van der Waals surface area contributed by atoms with Crippen LogP contribution in [0.5, 0.6) is 11.5 Å². The summed E-state index contributed by atoms with van der Waals surface area (Å²) >= 11 is 5.99. The molecule has 1 aromatic heterocycles. The zero-order valence-corrected chi connectivity index (χ0v) is 15.1. The molecule has 0 aliphatic carbocycles. The van der Waals surface area contributed by atoms with Crippen LogP contribution >= 0.6 is 11.6 Å². The van der Waals surface area contributed by atoms with E-state index in [9.17, 15) is 4.79 Å². The molecule has 0 aliphatic rings. The van der Waals surface area contributed by atoms with E-state index >= 15 is 0 Å². The molecule has 0 amide bonds. The van der Waals surface area contributed by atoms with Gasteiger partial charge in [0.15, 0.2) is 11.5 Å². The Balaban J connectivity index is 1.91. The number of rotatable bonds is 5. The van der Waals surface area contributed by atoms with Gasteiger partial charge in [-0.2, -0.15) is 0 Å². The first-order chi connectivity index (χ1) is 12.0. The summed E-state index contributed by atoms with van der Waals surface area (Å²) in [6, 6.07) is 10.9. The zero-order valence-electron chi connectivity index (χ0n) is 14.4. The van der Waals surface area contributed by atoms with Crippen molar-refractivity contribution in [2.45, 2.75) is 19.9 Å². The molecule has 0 fully saturated rings. The first-order valence-electron chi connectivity index (χ1n) is 7.91. The number of methoxy groups -OCH3 is 2. The molecule has 5 nitrogen and oxygen atoms in total. The molecule has 0 N–H and O–H groups in total. The Hall–Kier alpha value is -2.53. The third-order valence-electron chi connectivity index (χ3n) is 4.18. The molecule has 0 spiro atoms. The smallest absolute Gasteiger partial charge is 0.261 e. The van der Waals surface area contributed by atoms with Gasteiger partial charge in [0, 0.05) is 11.6 Å². The third kappa shape index (κ3) is 3.46. The van der Waals surface area contributed by atoms with Gasteiger partial charge in [-0.25, -0.2) is 4.98 Å². The Bertz CT molecular complexity index is 982. The fraction of sp³-hybridized carbons (Fsp3) is 0.263. The molecule has 3 rings (SSSR count). The Morgan fingerprint density at radius 2 is 1.84 bits per heavy atom. The van der Waals surface area contributed by atoms with Crippen molar-refractivity contribution >= 4 is 22.5 Å². The monoisotopic (exact) mass is 358 g/mol. The normalized spacial score (nSPS) is 10.9. The molecule has 0 atom stereocenters. The predicted octanol–water partition coefficient (Wildman–Crippen LogP) is 3.62. The summed E-state index contributed by atoms with van der Waals surface area (Å²) in [5.41, 5.74) is 1.62. The maximum Gasteiger partial charge on any atom is 0.261 e. The van der Waals surface area contributed by atoms with Gasteiger partial charge < -0.3 is 9.47 Å². The number of nitrogens with zero attached hydrogens (tertiary/aromatic N) is 2. The van der Waals surface area contributed by atoms with Gasteiger partial charge in [-0.3, -0.25) is 9.36 Å². The van der Waals surface area contributed by atoms with Crippen molar-refractivity contribution in [2.75, 3.05) is 14.2 Å². The maximum absolute atomic E-state index is 12.7. The number of hydrogen-bond donors (Lipinski definition) is 0. The van der Waals surface area contributed by atoms with E-state index in [2.05, 4.69) is 4.98 Å². The van der Waals surface area contributed by atoms with E-state index in [1.807, 2.05) is 25.1 Å². The lowest BCUT2D eigenvalue weighted by Gasteiger charge is -2.12. The van der Waals surface area contributed by atoms with E-state index in [1.165, 1.54) is 0 Å². The van der Waals surface area contributed by atoms with Gasteiger partial charge in [-0.1, -0.05) is 17.7 Å². The van der Waals surface area contributed by atoms with E-state index in [1.54, 1.807) is 37.0 Å². The third-order valence-corrected chi connectivity index (χ3v) is 4.42. The van der Waals surface area contributed by atoms with Gasteiger partial charge in [0.05, 0.1) is 25.1 Å². The van der Waals surface area contributed by atoms with Crippen molar-refractivity contribution < 1.29 is 9.47 Å². The highest BCUT2D eigenvalue weighted by Gasteiger charge is 2.10. The molecular formula is C19H19ClN2O3. The first-order valence-corrected chi connectivity index (χ1v) is 8.29. The summed E-state index contributed by atoms with van der Waals surface area (Å²) in [6.07, 6.45) is 0.682. The van der Waals surface area contributed by atoms with Gasteiger partial charge in [-0.05, 0) is 49.2 Å². The molecule has 0 radical (unpaired) electrons. The van der Waals surface area contributed by atoms with Crippen LogP contribution in [0.3, 0.4) is 0 Å². The van der Waals surface area contributed by atoms with E-state index in [0.29, 0.717) is 46.2 Å². The second-order valence-electron chi connectivity index (χ2n) is 5.72. The van der Waals surface area contributed by atoms with E-state index in [-0.39, 0.29) is 5.56 Å². The topological polar surface area (TPSA) is 53.4 Å². The van der Waals surface area contributed by atoms with Crippen LogP contribution in [0.15, 0.2) is 41.2 Å². The van der Waals surface area contributed by atoms with Crippen LogP contribution in [-0.4, -0.2) is 23.8 Å². The van der Waals surface area contributed by atoms with Crippen molar-refractivity contribution in [2.24, 2.45) is 0 Å². The number of aryl methyl sites for hydroxylation is 2. The maximum atomic E-state index is 12.7. The summed E-state index contributed by atoms with van der Waals surface area (Å²) in [7, 11) is 3.21. The average molecular weight is 359 g/mol. The molecule has 130 valence electrons. The summed E-state index contributed by atoms with van der Waals surface area (Å²) in [5, 5.41) is 1.14. The van der Waals surface area contributed by atoms with Crippen LogP contribution in [0.1, 0.15) is 11.4 Å². The van der Waals surface area contributed by atoms with Gasteiger partial charge in [0.1, 0.15) is 5.82 Å². The summed E-state index contributed by atoms with van der Waals surface area (Å²) in [5.74, 6) is 2.03. The number of fused-ring (bicyclic) bond motifs is 1. The van der Waals surface area contributed by atoms with E-state index in [4.69, 9.17) is 21.1 Å². The number of hydrogen-bond acceptors (Lipinski definition) is 4. The largest absolute Gasteiger partial charge is 0.493 e. The minimum absolute atomic E-state index is 0.0559. The number of benzene rings is 2. The van der Waals surface area contributed by atoms with Crippen molar-refractivity contribution in [1.29, 1.82) is 0 Å². The fourth-order valence-electron chi connectivity index (χ4n) is 2.85. The number of aromatic nitrogens is 2. The molecule has 0 bridgehead atoms. The zero-order chi connectivity index (χ0) is 18.0. The molecular weight excluding hydrogens is 340 g/mol. The van der Waals surface area contributed by atoms with Crippen LogP contribution in [0, 0.1) is 6.92 Å². The first kappa shape index (κ1) is 17.3. The Kier molecular flexibility index (Phi) is 4.95. The summed E-state index contributed by atoms with van der Waals surface area (Å²) in [6.45, 7) is 2.36. The summed E-state index contributed by atoms with van der Waals surface area (Å²) < 4.78 is 12.3. The lowest BCUT2D eigenvalue weighted by atomic mass is 10.1. The predicted molar refractivity (Wildman–Crippen MR) is 99.0 cm³/mol. The molecule has 6 heteroatoms. The highest BCUT2D eigenvalue weighted by atomic mass is 35.5. The molecule has 1 heterocycles. The van der Waals surface area contributed by atoms with Crippen molar-refractivity contribution in [3.8, 4) is 11.5 Å². The van der Waals surface area contributed by atoms with Crippen LogP contribution < -0.4 is 15.0 Å². The minimum Gasteiger partial charge on any atom is -0.493 e. The van der Waals surface area contributed by atoms with Crippen LogP contribution in [0.2, 0.25) is 5.02 Å². The van der Waals surface area contributed by atoms with Crippen molar-refractivity contribution in [1.82, 2.24) is 9.55 Å². The van der Waals surface area contributed by atoms with E-state index in [0.717, 1.165) is 5.56 Å². The molecule has 0 saturated heterocycles. The van der Waals surface area contributed by atoms with Crippen LogP contribution in [0.25, 0.3) is 10.9 Å². The second-order valence-corrected chi connectivity index (χ2v) is 6.15. The number of halogens is 1. The van der Waals surface area contributed by atoms with E-state index < -0.39 is 0 Å². The van der Waals surface area contributed by atoms with Gasteiger partial charge in [0.25, 0.3) is 5.56 Å². The molecule has 3 aromatic rings. The SMILES string of the molecule is COc1ccc(CCn2c(C)nc3cc(Cl)ccc3c2=O)cc1OC. The highest BCUT2D eigenvalue weighted by molar-refractivity contribution is 6.31. The fourth-order valence-corrected chi connectivity index (χ4v) is 3.01. The molecule has 0 aliphatic heterocycles. The Morgan fingerprint density at radius 1 is 1.08 bits per heavy atom. The molecule has 0 unspecified atom stereocenters. The van der Waals surface area contributed by atoms with Gasteiger partial charge >= 0.3 is 0 Å². The Morgan fingerprint density at radius 3 is 2.56 bits per heavy atom. The molecule has 0 saturated carbocycles. The minimum atomic E-state index is -0.0559.